The van der Waals surface area contributed by atoms with Crippen LogP contribution in [0.4, 0.5) is 0 Å². The Morgan fingerprint density at radius 1 is 1.58 bits per heavy atom. The molecule has 0 aromatic heterocycles. The van der Waals surface area contributed by atoms with E-state index >= 15 is 0 Å². The van der Waals surface area contributed by atoms with Gasteiger partial charge in [0.1, 0.15) is 0 Å². The van der Waals surface area contributed by atoms with Gasteiger partial charge in [-0.2, -0.15) is 22.2 Å². The van der Waals surface area contributed by atoms with Crippen molar-refractivity contribution < 1.29 is 4.79 Å². The molecule has 0 saturated heterocycles. The minimum atomic E-state index is -1.23. The van der Waals surface area contributed by atoms with Crippen molar-refractivity contribution in [3.63, 3.8) is 0 Å². The van der Waals surface area contributed by atoms with E-state index in [1.807, 2.05) is 0 Å². The van der Waals surface area contributed by atoms with Crippen molar-refractivity contribution in [2.75, 3.05) is 0 Å². The second-order valence-electron chi connectivity index (χ2n) is 2.32. The van der Waals surface area contributed by atoms with Gasteiger partial charge in [0.2, 0.25) is 13.3 Å². The third-order valence-corrected chi connectivity index (χ3v) is 3.25. The molecule has 2 nitrogen and oxygen atoms in total. The van der Waals surface area contributed by atoms with Gasteiger partial charge < -0.3 is 5.73 Å². The predicted octanol–water partition coefficient (Wildman–Crippen LogP) is 2.14. The van der Waals surface area contributed by atoms with Gasteiger partial charge in [0.15, 0.2) is 0 Å². The Morgan fingerprint density at radius 2 is 1.92 bits per heavy atom. The smallest absolute Gasteiger partial charge is 0.243 e. The predicted molar refractivity (Wildman–Crippen MR) is 58.0 cm³/mol. The van der Waals surface area contributed by atoms with Gasteiger partial charge in [-0.25, -0.2) is 0 Å². The monoisotopic (exact) mass is 227 g/mol. The van der Waals surface area contributed by atoms with Crippen LogP contribution in [0.3, 0.4) is 0 Å². The number of amides is 1. The molecule has 12 heavy (non-hydrogen) atoms. The summed E-state index contributed by atoms with van der Waals surface area (Å²) < 4.78 is 0. The first kappa shape index (κ1) is 14.5. The Labute approximate surface area is 84.7 Å². The van der Waals surface area contributed by atoms with Crippen molar-refractivity contribution in [3.8, 4) is 0 Å². The molecule has 0 fully saturated rings. The second kappa shape index (κ2) is 9.10. The molecule has 0 bridgehead atoms. The molecule has 0 aliphatic heterocycles. The zero-order chi connectivity index (χ0) is 10.1. The summed E-state index contributed by atoms with van der Waals surface area (Å²) in [4.78, 5) is 9.82. The molecule has 0 atom stereocenters. The van der Waals surface area contributed by atoms with Gasteiger partial charge in [-0.3, -0.25) is 4.79 Å². The molecule has 0 aliphatic rings. The number of hydrogen-bond donors (Lipinski definition) is 1. The topological polar surface area (TPSA) is 43.1 Å². The fourth-order valence-corrected chi connectivity index (χ4v) is 1.96. The van der Waals surface area contributed by atoms with Gasteiger partial charge in [0.25, 0.3) is 0 Å². The Hall–Kier alpha value is 0.00688. The summed E-state index contributed by atoms with van der Waals surface area (Å²) in [7, 11) is -1.23. The molecular weight excluding hydrogens is 213 g/mol. The summed E-state index contributed by atoms with van der Waals surface area (Å²) in [5, 5.41) is 0. The van der Waals surface area contributed by atoms with Crippen LogP contribution in [-0.2, 0) is 4.79 Å². The van der Waals surface area contributed by atoms with E-state index in [9.17, 15) is 4.79 Å². The molecule has 1 amide bonds. The van der Waals surface area contributed by atoms with Crippen LogP contribution in [0.25, 0.3) is 0 Å². The largest absolute Gasteiger partial charge is 0.366 e. The molecule has 0 spiro atoms. The molecule has 0 saturated carbocycles. The third-order valence-electron chi connectivity index (χ3n) is 0.928. The molecule has 2 N–H and O–H groups in total. The standard InChI is InChI=1S/C4H7NO.C3H8Cl2Si/c1-3(2)4(5)6;1-2-3-6(4)5/h1H2,2H3,(H2,5,6);6H,2-3H2,1H3. The van der Waals surface area contributed by atoms with Crippen LogP contribution in [0.1, 0.15) is 20.3 Å². The highest BCUT2D eigenvalue weighted by Crippen LogP contribution is 2.04. The van der Waals surface area contributed by atoms with E-state index in [0.717, 1.165) is 12.5 Å². The Bertz CT molecular complexity index is 138. The van der Waals surface area contributed by atoms with Crippen molar-refractivity contribution in [3.05, 3.63) is 12.2 Å². The van der Waals surface area contributed by atoms with Crippen LogP contribution in [-0.4, -0.2) is 13.3 Å². The highest BCUT2D eigenvalue weighted by Gasteiger charge is 1.95. The van der Waals surface area contributed by atoms with Crippen LogP contribution >= 0.6 is 22.2 Å². The zero-order valence-corrected chi connectivity index (χ0v) is 10.1. The fourth-order valence-electron chi connectivity index (χ4n) is 0.218. The minimum absolute atomic E-state index is 0.398. The van der Waals surface area contributed by atoms with E-state index in [4.69, 9.17) is 27.9 Å². The molecule has 0 aliphatic carbocycles. The lowest BCUT2D eigenvalue weighted by Crippen LogP contribution is -2.10. The maximum Gasteiger partial charge on any atom is 0.243 e. The first-order valence-corrected chi connectivity index (χ1v) is 7.96. The van der Waals surface area contributed by atoms with E-state index in [1.165, 1.54) is 0 Å². The molecule has 0 aromatic rings. The van der Waals surface area contributed by atoms with Gasteiger partial charge in [0, 0.05) is 5.57 Å². The van der Waals surface area contributed by atoms with E-state index in [0.29, 0.717) is 5.57 Å². The molecule has 5 heteroatoms. The van der Waals surface area contributed by atoms with E-state index < -0.39 is 13.3 Å². The van der Waals surface area contributed by atoms with E-state index in [1.54, 1.807) is 6.92 Å². The number of nitrogens with two attached hydrogens (primary N) is 1. The van der Waals surface area contributed by atoms with Crippen LogP contribution in [0, 0.1) is 0 Å². The summed E-state index contributed by atoms with van der Waals surface area (Å²) >= 11 is 11.0. The number of primary amides is 1. The lowest BCUT2D eigenvalue weighted by atomic mass is 10.3. The number of carbonyl (C=O) groups is 1. The van der Waals surface area contributed by atoms with Crippen molar-refractivity contribution in [2.24, 2.45) is 5.73 Å². The van der Waals surface area contributed by atoms with Crippen LogP contribution in [0.2, 0.25) is 6.04 Å². The van der Waals surface area contributed by atoms with Crippen molar-refractivity contribution >= 4 is 35.5 Å². The van der Waals surface area contributed by atoms with Gasteiger partial charge >= 0.3 is 0 Å². The van der Waals surface area contributed by atoms with Crippen molar-refractivity contribution in [1.29, 1.82) is 0 Å². The third kappa shape index (κ3) is 16.5. The molecule has 0 heterocycles. The first-order valence-electron chi connectivity index (χ1n) is 3.65. The Morgan fingerprint density at radius 3 is 1.92 bits per heavy atom. The maximum atomic E-state index is 9.82. The van der Waals surface area contributed by atoms with E-state index in [2.05, 4.69) is 13.5 Å². The summed E-state index contributed by atoms with van der Waals surface area (Å²) in [5.41, 5.74) is 5.09. The van der Waals surface area contributed by atoms with Gasteiger partial charge in [-0.15, -0.1) is 0 Å². The molecule has 72 valence electrons. The summed E-state index contributed by atoms with van der Waals surface area (Å²) in [5.74, 6) is -0.435. The molecule has 0 unspecified atom stereocenters. The SMILES string of the molecule is C=C(C)C(N)=O.CCC[SiH](Cl)Cl. The fraction of sp³-hybridized carbons (Fsp3) is 0.571. The van der Waals surface area contributed by atoms with E-state index in [-0.39, 0.29) is 0 Å². The number of rotatable bonds is 3. The number of carbonyl (C=O) groups excluding carboxylic acids is 1. The molecular formula is C7H15Cl2NOSi. The summed E-state index contributed by atoms with van der Waals surface area (Å²) in [6, 6.07) is 1.04. The molecule has 0 aromatic carbocycles. The highest BCUT2D eigenvalue weighted by molar-refractivity contribution is 7.33. The molecule has 0 rings (SSSR count). The second-order valence-corrected chi connectivity index (χ2v) is 7.51. The Kier molecular flexibility index (Phi) is 11.0. The number of halogens is 2. The van der Waals surface area contributed by atoms with Crippen LogP contribution in [0.5, 0.6) is 0 Å². The van der Waals surface area contributed by atoms with Crippen LogP contribution < -0.4 is 5.73 Å². The van der Waals surface area contributed by atoms with Crippen molar-refractivity contribution in [2.45, 2.75) is 26.3 Å². The minimum Gasteiger partial charge on any atom is -0.366 e. The van der Waals surface area contributed by atoms with Crippen LogP contribution in [0.15, 0.2) is 12.2 Å². The lowest BCUT2D eigenvalue weighted by molar-refractivity contribution is -0.114. The van der Waals surface area contributed by atoms with Gasteiger partial charge in [-0.1, -0.05) is 19.9 Å². The average Bonchev–Trinajstić information content (AvgIpc) is 1.87. The molecule has 0 radical (unpaired) electrons. The summed E-state index contributed by atoms with van der Waals surface area (Å²) in [6.07, 6.45) is 1.13. The Balaban J connectivity index is 0. The zero-order valence-electron chi connectivity index (χ0n) is 7.44. The average molecular weight is 228 g/mol. The highest BCUT2D eigenvalue weighted by atomic mass is 35.7. The van der Waals surface area contributed by atoms with Gasteiger partial charge in [0.05, 0.1) is 0 Å². The first-order chi connectivity index (χ1) is 5.41. The number of hydrogen-bond acceptors (Lipinski definition) is 1. The quantitative estimate of drug-likeness (QED) is 0.449. The maximum absolute atomic E-state index is 9.82. The lowest BCUT2D eigenvalue weighted by Gasteiger charge is -1.87. The van der Waals surface area contributed by atoms with Crippen molar-refractivity contribution in [1.82, 2.24) is 0 Å². The summed E-state index contributed by atoms with van der Waals surface area (Å²) in [6.45, 7) is 6.94. The van der Waals surface area contributed by atoms with Gasteiger partial charge in [-0.05, 0) is 13.0 Å². The normalized spacial score (nSPS) is 8.75.